The van der Waals surface area contributed by atoms with E-state index in [1.807, 2.05) is 6.07 Å². The predicted molar refractivity (Wildman–Crippen MR) is 90.8 cm³/mol. The van der Waals surface area contributed by atoms with Crippen LogP contribution in [0.3, 0.4) is 0 Å². The van der Waals surface area contributed by atoms with Crippen LogP contribution in [0.2, 0.25) is 5.02 Å². The second kappa shape index (κ2) is 7.17. The van der Waals surface area contributed by atoms with Crippen LogP contribution >= 0.6 is 23.4 Å². The first-order chi connectivity index (χ1) is 11.8. The number of carbonyl (C=O) groups excluding carboxylic acids is 1. The van der Waals surface area contributed by atoms with E-state index in [2.05, 4.69) is 4.74 Å². The summed E-state index contributed by atoms with van der Waals surface area (Å²) in [6.45, 7) is 0.432. The molecule has 0 aromatic heterocycles. The number of carbonyl (C=O) groups is 1. The topological polar surface area (TPSA) is 29.5 Å². The van der Waals surface area contributed by atoms with E-state index in [0.717, 1.165) is 11.6 Å². The molecule has 8 heteroatoms. The van der Waals surface area contributed by atoms with Gasteiger partial charge in [0.05, 0.1) is 5.56 Å². The van der Waals surface area contributed by atoms with Gasteiger partial charge >= 0.3 is 6.36 Å². The van der Waals surface area contributed by atoms with Crippen LogP contribution in [0.25, 0.3) is 0 Å². The number of para-hydroxylation sites is 1. The third-order valence-corrected chi connectivity index (χ3v) is 5.12. The number of thioether (sulfide) groups is 1. The molecular weight excluding hydrogens is 375 g/mol. The molecule has 0 spiro atoms. The number of halogens is 4. The van der Waals surface area contributed by atoms with Gasteiger partial charge in [-0.2, -0.15) is 0 Å². The van der Waals surface area contributed by atoms with Crippen molar-refractivity contribution in [2.75, 3.05) is 12.3 Å². The van der Waals surface area contributed by atoms with E-state index in [4.69, 9.17) is 11.6 Å². The predicted octanol–water partition coefficient (Wildman–Crippen LogP) is 5.13. The second-order valence-electron chi connectivity index (χ2n) is 5.32. The Balaban J connectivity index is 1.90. The maximum Gasteiger partial charge on any atom is 0.573 e. The number of hydrogen-bond donors (Lipinski definition) is 0. The van der Waals surface area contributed by atoms with Crippen molar-refractivity contribution in [3.63, 3.8) is 0 Å². The van der Waals surface area contributed by atoms with Gasteiger partial charge in [0.2, 0.25) is 0 Å². The molecule has 3 rings (SSSR count). The Labute approximate surface area is 151 Å². The average Bonchev–Trinajstić information content (AvgIpc) is 3.03. The highest BCUT2D eigenvalue weighted by Crippen LogP contribution is 2.40. The van der Waals surface area contributed by atoms with Gasteiger partial charge in [-0.05, 0) is 29.8 Å². The first kappa shape index (κ1) is 17.9. The lowest BCUT2D eigenvalue weighted by Crippen LogP contribution is -2.31. The molecule has 1 heterocycles. The normalized spacial score (nSPS) is 17.6. The van der Waals surface area contributed by atoms with Crippen LogP contribution in [0.4, 0.5) is 13.2 Å². The molecular formula is C17H13ClF3NO2S. The number of nitrogens with zero attached hydrogens (tertiary/aromatic N) is 1. The Morgan fingerprint density at radius 3 is 2.68 bits per heavy atom. The van der Waals surface area contributed by atoms with Crippen molar-refractivity contribution in [3.8, 4) is 5.75 Å². The zero-order valence-electron chi connectivity index (χ0n) is 12.8. The fourth-order valence-corrected chi connectivity index (χ4v) is 4.07. The van der Waals surface area contributed by atoms with Gasteiger partial charge in [-0.25, -0.2) is 0 Å². The number of benzene rings is 2. The van der Waals surface area contributed by atoms with Crippen molar-refractivity contribution in [1.82, 2.24) is 4.90 Å². The summed E-state index contributed by atoms with van der Waals surface area (Å²) >= 11 is 7.55. The lowest BCUT2D eigenvalue weighted by Gasteiger charge is -2.25. The van der Waals surface area contributed by atoms with Gasteiger partial charge < -0.3 is 9.64 Å². The van der Waals surface area contributed by atoms with Gasteiger partial charge in [0.15, 0.2) is 0 Å². The van der Waals surface area contributed by atoms with Crippen molar-refractivity contribution in [2.24, 2.45) is 0 Å². The summed E-state index contributed by atoms with van der Waals surface area (Å²) in [6.07, 6.45) is -4.86. The maximum absolute atomic E-state index is 12.9. The van der Waals surface area contributed by atoms with E-state index in [0.29, 0.717) is 17.3 Å². The summed E-state index contributed by atoms with van der Waals surface area (Å²) in [6, 6.07) is 12.5. The van der Waals surface area contributed by atoms with E-state index in [1.54, 1.807) is 18.2 Å². The Morgan fingerprint density at radius 2 is 1.96 bits per heavy atom. The molecule has 1 fully saturated rings. The molecule has 1 atom stereocenters. The Hall–Kier alpha value is -1.86. The first-order valence-corrected chi connectivity index (χ1v) is 8.80. The van der Waals surface area contributed by atoms with Gasteiger partial charge in [-0.1, -0.05) is 35.9 Å². The quantitative estimate of drug-likeness (QED) is 0.731. The second-order valence-corrected chi connectivity index (χ2v) is 6.95. The minimum atomic E-state index is -4.86. The first-order valence-electron chi connectivity index (χ1n) is 7.38. The molecule has 0 radical (unpaired) electrons. The Morgan fingerprint density at radius 1 is 1.20 bits per heavy atom. The minimum absolute atomic E-state index is 0.116. The third kappa shape index (κ3) is 4.22. The summed E-state index contributed by atoms with van der Waals surface area (Å²) in [5, 5.41) is 0.239. The van der Waals surface area contributed by atoms with E-state index in [1.165, 1.54) is 34.9 Å². The molecule has 1 aliphatic heterocycles. The smallest absolute Gasteiger partial charge is 0.405 e. The van der Waals surface area contributed by atoms with Gasteiger partial charge in [0.1, 0.15) is 11.1 Å². The van der Waals surface area contributed by atoms with Crippen molar-refractivity contribution in [2.45, 2.75) is 11.7 Å². The standard InChI is InChI=1S/C17H13ClF3NO2S/c18-12-5-3-4-11(10-12)16-22(8-9-25-16)15(23)13-6-1-2-7-14(13)24-17(19,20)21/h1-7,10,16H,8-9H2. The highest BCUT2D eigenvalue weighted by atomic mass is 35.5. The molecule has 1 aliphatic rings. The van der Waals surface area contributed by atoms with Crippen LogP contribution in [-0.2, 0) is 0 Å². The lowest BCUT2D eigenvalue weighted by molar-refractivity contribution is -0.274. The molecule has 132 valence electrons. The number of alkyl halides is 3. The zero-order chi connectivity index (χ0) is 18.0. The highest BCUT2D eigenvalue weighted by Gasteiger charge is 2.36. The number of amides is 1. The van der Waals surface area contributed by atoms with Crippen LogP contribution < -0.4 is 4.74 Å². The fourth-order valence-electron chi connectivity index (χ4n) is 2.63. The summed E-state index contributed by atoms with van der Waals surface area (Å²) < 4.78 is 41.7. The molecule has 2 aromatic carbocycles. The summed E-state index contributed by atoms with van der Waals surface area (Å²) in [5.41, 5.74) is 0.715. The molecule has 0 bridgehead atoms. The SMILES string of the molecule is O=C(c1ccccc1OC(F)(F)F)N1CCSC1c1cccc(Cl)c1. The number of rotatable bonds is 3. The third-order valence-electron chi connectivity index (χ3n) is 3.63. The van der Waals surface area contributed by atoms with Crippen LogP contribution in [0, 0.1) is 0 Å². The Bertz CT molecular complexity index is 784. The number of hydrogen-bond acceptors (Lipinski definition) is 3. The van der Waals surface area contributed by atoms with Gasteiger partial charge in [0, 0.05) is 17.3 Å². The van der Waals surface area contributed by atoms with E-state index >= 15 is 0 Å². The van der Waals surface area contributed by atoms with Gasteiger partial charge in [-0.3, -0.25) is 4.79 Å². The van der Waals surface area contributed by atoms with Gasteiger partial charge in [-0.15, -0.1) is 24.9 Å². The largest absolute Gasteiger partial charge is 0.573 e. The van der Waals surface area contributed by atoms with E-state index in [-0.39, 0.29) is 10.9 Å². The molecule has 1 saturated heterocycles. The molecule has 1 amide bonds. The van der Waals surface area contributed by atoms with Crippen molar-refractivity contribution in [3.05, 3.63) is 64.7 Å². The maximum atomic E-state index is 12.9. The highest BCUT2D eigenvalue weighted by molar-refractivity contribution is 7.99. The van der Waals surface area contributed by atoms with Crippen molar-refractivity contribution < 1.29 is 22.7 Å². The van der Waals surface area contributed by atoms with Crippen LogP contribution in [0.5, 0.6) is 5.75 Å². The monoisotopic (exact) mass is 387 g/mol. The number of ether oxygens (including phenoxy) is 1. The molecule has 25 heavy (non-hydrogen) atoms. The van der Waals surface area contributed by atoms with Crippen molar-refractivity contribution in [1.29, 1.82) is 0 Å². The van der Waals surface area contributed by atoms with E-state index in [9.17, 15) is 18.0 Å². The summed E-state index contributed by atoms with van der Waals surface area (Å²) in [4.78, 5) is 14.4. The van der Waals surface area contributed by atoms with Crippen molar-refractivity contribution >= 4 is 29.3 Å². The molecule has 1 unspecified atom stereocenters. The molecule has 2 aromatic rings. The van der Waals surface area contributed by atoms with Crippen LogP contribution in [0.1, 0.15) is 21.3 Å². The van der Waals surface area contributed by atoms with Gasteiger partial charge in [0.25, 0.3) is 5.91 Å². The summed E-state index contributed by atoms with van der Waals surface area (Å²) in [7, 11) is 0. The molecule has 0 N–H and O–H groups in total. The molecule has 0 saturated carbocycles. The molecule has 0 aliphatic carbocycles. The van der Waals surface area contributed by atoms with E-state index < -0.39 is 18.0 Å². The average molecular weight is 388 g/mol. The van der Waals surface area contributed by atoms with Crippen LogP contribution in [-0.4, -0.2) is 29.5 Å². The minimum Gasteiger partial charge on any atom is -0.405 e. The zero-order valence-corrected chi connectivity index (χ0v) is 14.4. The lowest BCUT2D eigenvalue weighted by atomic mass is 10.1. The van der Waals surface area contributed by atoms with Crippen LogP contribution in [0.15, 0.2) is 48.5 Å². The molecule has 3 nitrogen and oxygen atoms in total. The fraction of sp³-hybridized carbons (Fsp3) is 0.235. The Kier molecular flexibility index (Phi) is 5.15. The summed E-state index contributed by atoms with van der Waals surface area (Å²) in [5.74, 6) is -0.317.